The van der Waals surface area contributed by atoms with E-state index in [1.807, 2.05) is 32.0 Å². The van der Waals surface area contributed by atoms with E-state index in [4.69, 9.17) is 4.74 Å². The van der Waals surface area contributed by atoms with Crippen LogP contribution in [0.25, 0.3) is 0 Å². The van der Waals surface area contributed by atoms with Gasteiger partial charge >= 0.3 is 0 Å². The number of nitrogens with one attached hydrogen (secondary N) is 1. The Morgan fingerprint density at radius 3 is 2.62 bits per heavy atom. The van der Waals surface area contributed by atoms with Gasteiger partial charge in [0.2, 0.25) is 5.91 Å². The lowest BCUT2D eigenvalue weighted by atomic mass is 10.1. The molecule has 4 heteroatoms. The highest BCUT2D eigenvalue weighted by Gasteiger charge is 2.06. The van der Waals surface area contributed by atoms with Crippen LogP contribution in [0, 0.1) is 6.92 Å². The first-order valence-electron chi connectivity index (χ1n) is 5.00. The molecule has 0 fully saturated rings. The number of hydrogen-bond acceptors (Lipinski definition) is 3. The highest BCUT2D eigenvalue weighted by molar-refractivity contribution is 6.01. The predicted octanol–water partition coefficient (Wildman–Crippen LogP) is 1.86. The number of amides is 1. The molecule has 86 valence electrons. The molecule has 0 heterocycles. The normalized spacial score (nSPS) is 11.1. The first kappa shape index (κ1) is 12.2. The van der Waals surface area contributed by atoms with Gasteiger partial charge in [0, 0.05) is 12.5 Å². The highest BCUT2D eigenvalue weighted by atomic mass is 16.5. The van der Waals surface area contributed by atoms with Gasteiger partial charge in [0.1, 0.15) is 5.75 Å². The third-order valence-electron chi connectivity index (χ3n) is 2.13. The first-order valence-corrected chi connectivity index (χ1v) is 5.00. The molecule has 0 aliphatic heterocycles. The monoisotopic (exact) mass is 220 g/mol. The Balaban J connectivity index is 3.05. The van der Waals surface area contributed by atoms with Crippen LogP contribution in [0.3, 0.4) is 0 Å². The minimum atomic E-state index is -0.189. The van der Waals surface area contributed by atoms with Gasteiger partial charge in [-0.05, 0) is 26.0 Å². The lowest BCUT2D eigenvalue weighted by Crippen LogP contribution is -2.15. The third kappa shape index (κ3) is 3.08. The second-order valence-electron chi connectivity index (χ2n) is 3.57. The van der Waals surface area contributed by atoms with Crippen molar-refractivity contribution in [1.29, 1.82) is 0 Å². The summed E-state index contributed by atoms with van der Waals surface area (Å²) in [6.07, 6.45) is 0. The van der Waals surface area contributed by atoms with Crippen molar-refractivity contribution in [2.24, 2.45) is 5.10 Å². The van der Waals surface area contributed by atoms with Gasteiger partial charge in [-0.25, -0.2) is 5.43 Å². The van der Waals surface area contributed by atoms with Gasteiger partial charge in [-0.3, -0.25) is 4.79 Å². The van der Waals surface area contributed by atoms with E-state index in [2.05, 4.69) is 10.5 Å². The molecule has 1 rings (SSSR count). The maximum atomic E-state index is 10.8. The average molecular weight is 220 g/mol. The van der Waals surface area contributed by atoms with E-state index in [0.717, 1.165) is 22.6 Å². The van der Waals surface area contributed by atoms with Crippen LogP contribution >= 0.6 is 0 Å². The molecule has 0 saturated heterocycles. The van der Waals surface area contributed by atoms with Gasteiger partial charge in [-0.15, -0.1) is 0 Å². The van der Waals surface area contributed by atoms with E-state index in [9.17, 15) is 4.79 Å². The molecule has 0 aliphatic carbocycles. The molecule has 0 unspecified atom stereocenters. The molecule has 1 aromatic rings. The molecular formula is C12H16N2O2. The van der Waals surface area contributed by atoms with Crippen molar-refractivity contribution in [2.45, 2.75) is 20.8 Å². The SMILES string of the molecule is COc1ccc(C)cc1/C(C)=N\NC(C)=O. The number of hydrazone groups is 1. The standard InChI is InChI=1S/C12H16N2O2/c1-8-5-6-12(16-4)11(7-8)9(2)13-14-10(3)15/h5-7H,1-4H3,(H,14,15)/b13-9-. The van der Waals surface area contributed by atoms with Crippen LogP contribution < -0.4 is 10.2 Å². The molecule has 0 spiro atoms. The van der Waals surface area contributed by atoms with Crippen LogP contribution in [0.5, 0.6) is 5.75 Å². The van der Waals surface area contributed by atoms with E-state index in [-0.39, 0.29) is 5.91 Å². The lowest BCUT2D eigenvalue weighted by Gasteiger charge is -2.08. The van der Waals surface area contributed by atoms with Crippen LogP contribution in [0.2, 0.25) is 0 Å². The Kier molecular flexibility index (Phi) is 4.05. The minimum Gasteiger partial charge on any atom is -0.496 e. The Morgan fingerprint density at radius 1 is 1.38 bits per heavy atom. The summed E-state index contributed by atoms with van der Waals surface area (Å²) in [6, 6.07) is 5.82. The minimum absolute atomic E-state index is 0.189. The molecule has 1 N–H and O–H groups in total. The highest BCUT2D eigenvalue weighted by Crippen LogP contribution is 2.20. The number of aryl methyl sites for hydroxylation is 1. The number of carbonyl (C=O) groups is 1. The second-order valence-corrected chi connectivity index (χ2v) is 3.57. The maximum Gasteiger partial charge on any atom is 0.236 e. The Morgan fingerprint density at radius 2 is 2.06 bits per heavy atom. The summed E-state index contributed by atoms with van der Waals surface area (Å²) in [6.45, 7) is 5.24. The summed E-state index contributed by atoms with van der Waals surface area (Å²) < 4.78 is 5.23. The molecule has 0 radical (unpaired) electrons. The molecule has 1 amide bonds. The van der Waals surface area contributed by atoms with Crippen molar-refractivity contribution in [3.8, 4) is 5.75 Å². The lowest BCUT2D eigenvalue weighted by molar-refractivity contribution is -0.118. The molecule has 0 atom stereocenters. The number of nitrogens with zero attached hydrogens (tertiary/aromatic N) is 1. The number of carbonyl (C=O) groups excluding carboxylic acids is 1. The average Bonchev–Trinajstić information content (AvgIpc) is 2.25. The smallest absolute Gasteiger partial charge is 0.236 e. The van der Waals surface area contributed by atoms with Crippen LogP contribution in [0.1, 0.15) is 25.0 Å². The van der Waals surface area contributed by atoms with Crippen LogP contribution in [0.15, 0.2) is 23.3 Å². The molecule has 0 saturated carbocycles. The van der Waals surface area contributed by atoms with E-state index < -0.39 is 0 Å². The number of methoxy groups -OCH3 is 1. The van der Waals surface area contributed by atoms with E-state index in [1.165, 1.54) is 6.92 Å². The summed E-state index contributed by atoms with van der Waals surface area (Å²) >= 11 is 0. The van der Waals surface area contributed by atoms with Crippen molar-refractivity contribution < 1.29 is 9.53 Å². The van der Waals surface area contributed by atoms with Gasteiger partial charge in [-0.1, -0.05) is 11.6 Å². The number of rotatable bonds is 3. The van der Waals surface area contributed by atoms with Crippen LogP contribution in [-0.2, 0) is 4.79 Å². The topological polar surface area (TPSA) is 50.7 Å². The fourth-order valence-corrected chi connectivity index (χ4v) is 1.33. The summed E-state index contributed by atoms with van der Waals surface area (Å²) in [7, 11) is 1.61. The van der Waals surface area contributed by atoms with Gasteiger partial charge in [0.05, 0.1) is 12.8 Å². The summed E-state index contributed by atoms with van der Waals surface area (Å²) in [5, 5.41) is 3.98. The van der Waals surface area contributed by atoms with Crippen molar-refractivity contribution in [3.05, 3.63) is 29.3 Å². The molecular weight excluding hydrogens is 204 g/mol. The molecule has 1 aromatic carbocycles. The van der Waals surface area contributed by atoms with Gasteiger partial charge in [0.25, 0.3) is 0 Å². The quantitative estimate of drug-likeness (QED) is 0.624. The third-order valence-corrected chi connectivity index (χ3v) is 2.13. The first-order chi connectivity index (χ1) is 7.54. The molecule has 0 aromatic heterocycles. The van der Waals surface area contributed by atoms with Gasteiger partial charge < -0.3 is 4.74 Å². The Bertz CT molecular complexity index is 425. The number of benzene rings is 1. The summed E-state index contributed by atoms with van der Waals surface area (Å²) in [5.41, 5.74) is 5.13. The molecule has 16 heavy (non-hydrogen) atoms. The summed E-state index contributed by atoms with van der Waals surface area (Å²) in [4.78, 5) is 10.8. The molecule has 0 aliphatic rings. The van der Waals surface area contributed by atoms with E-state index >= 15 is 0 Å². The van der Waals surface area contributed by atoms with E-state index in [1.54, 1.807) is 7.11 Å². The van der Waals surface area contributed by atoms with Gasteiger partial charge in [0.15, 0.2) is 0 Å². The van der Waals surface area contributed by atoms with Crippen LogP contribution in [-0.4, -0.2) is 18.7 Å². The fraction of sp³-hybridized carbons (Fsp3) is 0.333. The number of hydrogen-bond donors (Lipinski definition) is 1. The van der Waals surface area contributed by atoms with Crippen molar-refractivity contribution in [1.82, 2.24) is 5.43 Å². The van der Waals surface area contributed by atoms with Crippen molar-refractivity contribution >= 4 is 11.6 Å². The zero-order chi connectivity index (χ0) is 12.1. The zero-order valence-electron chi connectivity index (χ0n) is 10.00. The van der Waals surface area contributed by atoms with Gasteiger partial charge in [-0.2, -0.15) is 5.10 Å². The predicted molar refractivity (Wildman–Crippen MR) is 63.8 cm³/mol. The molecule has 0 bridgehead atoms. The van der Waals surface area contributed by atoms with E-state index in [0.29, 0.717) is 0 Å². The van der Waals surface area contributed by atoms with Crippen molar-refractivity contribution in [2.75, 3.05) is 7.11 Å². The number of ether oxygens (including phenoxy) is 1. The van der Waals surface area contributed by atoms with Crippen molar-refractivity contribution in [3.63, 3.8) is 0 Å². The summed E-state index contributed by atoms with van der Waals surface area (Å²) in [5.74, 6) is 0.558. The Labute approximate surface area is 95.3 Å². The Hall–Kier alpha value is -1.84. The zero-order valence-corrected chi connectivity index (χ0v) is 10.00. The maximum absolute atomic E-state index is 10.8. The largest absolute Gasteiger partial charge is 0.496 e. The fourth-order valence-electron chi connectivity index (χ4n) is 1.33. The second kappa shape index (κ2) is 5.30. The molecule has 4 nitrogen and oxygen atoms in total. The van der Waals surface area contributed by atoms with Crippen LogP contribution in [0.4, 0.5) is 0 Å².